The smallest absolute Gasteiger partial charge is 0.275 e. The van der Waals surface area contributed by atoms with Crippen molar-refractivity contribution in [2.45, 2.75) is 6.18 Å². The van der Waals surface area contributed by atoms with Crippen molar-refractivity contribution in [3.05, 3.63) is 72.2 Å². The van der Waals surface area contributed by atoms with Gasteiger partial charge in [0.25, 0.3) is 0 Å². The van der Waals surface area contributed by atoms with Crippen LogP contribution in [0.2, 0.25) is 0 Å². The number of pyridine rings is 1. The summed E-state index contributed by atoms with van der Waals surface area (Å²) < 4.78 is 53.0. The SMILES string of the molecule is Fc1ccc(-c2cc(C(F)(F)F)nc3n[nH]c(-c4ccccc4)c23)cc1. The Balaban J connectivity index is 2.05. The average molecular weight is 357 g/mol. The van der Waals surface area contributed by atoms with Gasteiger partial charge in [-0.25, -0.2) is 9.37 Å². The monoisotopic (exact) mass is 357 g/mol. The lowest BCUT2D eigenvalue weighted by molar-refractivity contribution is -0.140. The number of aromatic nitrogens is 3. The molecular formula is C19H11F4N3. The lowest BCUT2D eigenvalue weighted by Crippen LogP contribution is -2.08. The van der Waals surface area contributed by atoms with Crippen molar-refractivity contribution >= 4 is 11.0 Å². The van der Waals surface area contributed by atoms with Crippen molar-refractivity contribution in [1.29, 1.82) is 0 Å². The number of nitrogens with one attached hydrogen (secondary N) is 1. The molecule has 0 atom stereocenters. The molecule has 3 nitrogen and oxygen atoms in total. The van der Waals surface area contributed by atoms with Gasteiger partial charge >= 0.3 is 6.18 Å². The molecule has 0 aliphatic heterocycles. The van der Waals surface area contributed by atoms with Gasteiger partial charge in [0, 0.05) is 5.56 Å². The molecule has 2 aromatic carbocycles. The van der Waals surface area contributed by atoms with Crippen molar-refractivity contribution in [3.63, 3.8) is 0 Å². The van der Waals surface area contributed by atoms with E-state index in [9.17, 15) is 17.6 Å². The molecule has 1 N–H and O–H groups in total. The quantitative estimate of drug-likeness (QED) is 0.485. The van der Waals surface area contributed by atoms with Crippen LogP contribution in [0.1, 0.15) is 5.69 Å². The highest BCUT2D eigenvalue weighted by molar-refractivity contribution is 6.02. The van der Waals surface area contributed by atoms with E-state index in [2.05, 4.69) is 15.2 Å². The molecule has 26 heavy (non-hydrogen) atoms. The number of benzene rings is 2. The van der Waals surface area contributed by atoms with Crippen LogP contribution in [-0.4, -0.2) is 15.2 Å². The predicted molar refractivity (Wildman–Crippen MR) is 89.7 cm³/mol. The number of H-pyrrole nitrogens is 1. The van der Waals surface area contributed by atoms with Crippen LogP contribution < -0.4 is 0 Å². The third kappa shape index (κ3) is 2.81. The molecule has 0 aliphatic carbocycles. The zero-order valence-electron chi connectivity index (χ0n) is 13.2. The highest BCUT2D eigenvalue weighted by Crippen LogP contribution is 2.38. The summed E-state index contributed by atoms with van der Waals surface area (Å²) in [5.41, 5.74) is 0.965. The van der Waals surface area contributed by atoms with Crippen LogP contribution in [0.3, 0.4) is 0 Å². The minimum atomic E-state index is -4.62. The Labute approximate surface area is 145 Å². The number of fused-ring (bicyclic) bond motifs is 1. The van der Waals surface area contributed by atoms with Crippen LogP contribution in [0.25, 0.3) is 33.4 Å². The maximum Gasteiger partial charge on any atom is 0.433 e. The highest BCUT2D eigenvalue weighted by atomic mass is 19.4. The van der Waals surface area contributed by atoms with E-state index in [1.54, 1.807) is 0 Å². The van der Waals surface area contributed by atoms with Crippen molar-refractivity contribution in [1.82, 2.24) is 15.2 Å². The number of nitrogens with zero attached hydrogens (tertiary/aromatic N) is 2. The molecule has 0 fully saturated rings. The maximum absolute atomic E-state index is 13.3. The van der Waals surface area contributed by atoms with E-state index in [0.29, 0.717) is 16.6 Å². The summed E-state index contributed by atoms with van der Waals surface area (Å²) in [4.78, 5) is 3.65. The number of halogens is 4. The number of aromatic amines is 1. The fraction of sp³-hybridized carbons (Fsp3) is 0.0526. The van der Waals surface area contributed by atoms with Crippen molar-refractivity contribution < 1.29 is 17.6 Å². The third-order valence-corrected chi connectivity index (χ3v) is 4.03. The molecule has 0 radical (unpaired) electrons. The fourth-order valence-corrected chi connectivity index (χ4v) is 2.84. The van der Waals surface area contributed by atoms with Gasteiger partial charge in [0.05, 0.1) is 11.1 Å². The zero-order valence-corrected chi connectivity index (χ0v) is 13.2. The van der Waals surface area contributed by atoms with Crippen LogP contribution in [0.4, 0.5) is 17.6 Å². The van der Waals surface area contributed by atoms with E-state index in [4.69, 9.17) is 0 Å². The van der Waals surface area contributed by atoms with Crippen LogP contribution >= 0.6 is 0 Å². The van der Waals surface area contributed by atoms with Crippen LogP contribution in [0.15, 0.2) is 60.7 Å². The van der Waals surface area contributed by atoms with E-state index in [0.717, 1.165) is 11.6 Å². The second-order valence-corrected chi connectivity index (χ2v) is 5.72. The second kappa shape index (κ2) is 5.94. The number of alkyl halides is 3. The Morgan fingerprint density at radius 1 is 0.846 bits per heavy atom. The van der Waals surface area contributed by atoms with E-state index < -0.39 is 17.7 Å². The minimum absolute atomic E-state index is 0.0435. The van der Waals surface area contributed by atoms with Crippen molar-refractivity contribution in [3.8, 4) is 22.4 Å². The molecule has 0 saturated heterocycles. The van der Waals surface area contributed by atoms with Crippen LogP contribution in [0.5, 0.6) is 0 Å². The van der Waals surface area contributed by atoms with Crippen LogP contribution in [0, 0.1) is 5.82 Å². The summed E-state index contributed by atoms with van der Waals surface area (Å²) in [6, 6.07) is 15.4. The molecule has 2 aromatic heterocycles. The molecule has 7 heteroatoms. The first-order valence-corrected chi connectivity index (χ1v) is 7.71. The molecule has 0 aliphatic rings. The largest absolute Gasteiger partial charge is 0.433 e. The Bertz CT molecular complexity index is 1070. The molecule has 0 spiro atoms. The molecule has 0 amide bonds. The van der Waals surface area contributed by atoms with Gasteiger partial charge in [-0.05, 0) is 29.3 Å². The van der Waals surface area contributed by atoms with Gasteiger partial charge in [-0.15, -0.1) is 0 Å². The topological polar surface area (TPSA) is 41.6 Å². The van der Waals surface area contributed by atoms with Gasteiger partial charge in [0.2, 0.25) is 0 Å². The van der Waals surface area contributed by atoms with Crippen LogP contribution in [-0.2, 0) is 6.18 Å². The summed E-state index contributed by atoms with van der Waals surface area (Å²) >= 11 is 0. The first-order chi connectivity index (χ1) is 12.4. The fourth-order valence-electron chi connectivity index (χ4n) is 2.84. The Hall–Kier alpha value is -3.22. The Kier molecular flexibility index (Phi) is 3.72. The van der Waals surface area contributed by atoms with Crippen molar-refractivity contribution in [2.75, 3.05) is 0 Å². The van der Waals surface area contributed by atoms with E-state index in [1.165, 1.54) is 24.3 Å². The number of hydrogen-bond acceptors (Lipinski definition) is 2. The molecule has 2 heterocycles. The lowest BCUT2D eigenvalue weighted by Gasteiger charge is -2.11. The summed E-state index contributed by atoms with van der Waals surface area (Å²) in [7, 11) is 0. The van der Waals surface area contributed by atoms with Gasteiger partial charge < -0.3 is 0 Å². The van der Waals surface area contributed by atoms with Gasteiger partial charge in [0.1, 0.15) is 11.5 Å². The molecule has 0 bridgehead atoms. The maximum atomic E-state index is 13.3. The predicted octanol–water partition coefficient (Wildman–Crippen LogP) is 5.45. The summed E-state index contributed by atoms with van der Waals surface area (Å²) in [6.07, 6.45) is -4.62. The highest BCUT2D eigenvalue weighted by Gasteiger charge is 2.34. The molecule has 4 rings (SSSR count). The zero-order chi connectivity index (χ0) is 18.3. The first-order valence-electron chi connectivity index (χ1n) is 7.71. The number of hydrogen-bond donors (Lipinski definition) is 1. The van der Waals surface area contributed by atoms with E-state index in [-0.39, 0.29) is 11.2 Å². The Morgan fingerprint density at radius 3 is 2.19 bits per heavy atom. The van der Waals surface area contributed by atoms with E-state index >= 15 is 0 Å². The van der Waals surface area contributed by atoms with Crippen molar-refractivity contribution in [2.24, 2.45) is 0 Å². The Morgan fingerprint density at radius 2 is 1.54 bits per heavy atom. The summed E-state index contributed by atoms with van der Waals surface area (Å²) in [5, 5.41) is 7.19. The summed E-state index contributed by atoms with van der Waals surface area (Å²) in [6.45, 7) is 0. The standard InChI is InChI=1S/C19H11F4N3/c20-13-8-6-11(7-9-13)14-10-15(19(21,22)23)24-18-16(14)17(25-26-18)12-4-2-1-3-5-12/h1-10H,(H,24,25,26). The first kappa shape index (κ1) is 16.3. The van der Waals surface area contributed by atoms with E-state index in [1.807, 2.05) is 30.3 Å². The number of rotatable bonds is 2. The average Bonchev–Trinajstić information content (AvgIpc) is 3.06. The normalized spacial score (nSPS) is 11.8. The molecular weight excluding hydrogens is 346 g/mol. The molecule has 0 saturated carbocycles. The lowest BCUT2D eigenvalue weighted by atomic mass is 9.98. The van der Waals surface area contributed by atoms with Gasteiger partial charge in [-0.2, -0.15) is 18.3 Å². The molecule has 4 aromatic rings. The van der Waals surface area contributed by atoms with Gasteiger partial charge in [-0.1, -0.05) is 42.5 Å². The molecule has 130 valence electrons. The van der Waals surface area contributed by atoms with Gasteiger partial charge in [-0.3, -0.25) is 5.10 Å². The second-order valence-electron chi connectivity index (χ2n) is 5.72. The minimum Gasteiger partial charge on any atom is -0.275 e. The molecule has 0 unspecified atom stereocenters. The van der Waals surface area contributed by atoms with Gasteiger partial charge in [0.15, 0.2) is 5.65 Å². The summed E-state index contributed by atoms with van der Waals surface area (Å²) in [5.74, 6) is -0.467. The third-order valence-electron chi connectivity index (χ3n) is 4.03.